The Bertz CT molecular complexity index is 822. The normalized spacial score (nSPS) is 31.5. The molecule has 22 heavy (non-hydrogen) atoms. The number of ether oxygens (including phenoxy) is 1. The number of aliphatic hydroxyl groups is 3. The van der Waals surface area contributed by atoms with Crippen molar-refractivity contribution in [2.24, 2.45) is 0 Å². The Labute approximate surface area is 124 Å². The van der Waals surface area contributed by atoms with Gasteiger partial charge in [0.15, 0.2) is 17.5 Å². The highest BCUT2D eigenvalue weighted by atomic mass is 16.6. The van der Waals surface area contributed by atoms with E-state index in [1.54, 1.807) is 0 Å². The number of nitrogens with zero attached hydrogens (tertiary/aromatic N) is 2. The van der Waals surface area contributed by atoms with Crippen LogP contribution in [0.2, 0.25) is 0 Å². The molecule has 1 unspecified atom stereocenters. The van der Waals surface area contributed by atoms with Crippen molar-refractivity contribution in [2.45, 2.75) is 24.0 Å². The Kier molecular flexibility index (Phi) is 3.19. The number of nitrogen functional groups attached to an aromatic ring is 1. The predicted molar refractivity (Wildman–Crippen MR) is 75.6 cm³/mol. The van der Waals surface area contributed by atoms with Crippen molar-refractivity contribution in [1.29, 1.82) is 0 Å². The number of hydrogen-bond donors (Lipinski definition) is 5. The van der Waals surface area contributed by atoms with E-state index in [-0.39, 0.29) is 17.0 Å². The number of nitrogens with two attached hydrogens (primary N) is 1. The molecule has 0 aliphatic carbocycles. The fraction of sp³-hybridized carbons (Fsp3) is 0.385. The number of nitrogens with one attached hydrogen (secondary N) is 1. The van der Waals surface area contributed by atoms with Crippen molar-refractivity contribution >= 4 is 17.0 Å². The molecule has 6 N–H and O–H groups in total. The van der Waals surface area contributed by atoms with Gasteiger partial charge in [-0.15, -0.1) is 6.42 Å². The van der Waals surface area contributed by atoms with Gasteiger partial charge in [-0.05, 0) is 6.07 Å². The summed E-state index contributed by atoms with van der Waals surface area (Å²) >= 11 is 0. The Morgan fingerprint density at radius 2 is 2.36 bits per heavy atom. The van der Waals surface area contributed by atoms with Crippen molar-refractivity contribution < 1.29 is 20.1 Å². The van der Waals surface area contributed by atoms with Crippen LogP contribution >= 0.6 is 0 Å². The molecule has 1 aliphatic heterocycles. The summed E-state index contributed by atoms with van der Waals surface area (Å²) in [6.07, 6.45) is 2.98. The molecule has 2 aromatic heterocycles. The molecule has 3 rings (SSSR count). The van der Waals surface area contributed by atoms with Crippen LogP contribution in [0.3, 0.4) is 0 Å². The van der Waals surface area contributed by atoms with Gasteiger partial charge in [-0.2, -0.15) is 4.98 Å². The van der Waals surface area contributed by atoms with Crippen molar-refractivity contribution in [1.82, 2.24) is 14.5 Å². The number of aromatic amines is 1. The summed E-state index contributed by atoms with van der Waals surface area (Å²) in [6, 6.07) is 1.46. The zero-order chi connectivity index (χ0) is 16.1. The number of H-pyrrole nitrogens is 1. The third kappa shape index (κ3) is 1.83. The van der Waals surface area contributed by atoms with Gasteiger partial charge < -0.3 is 30.4 Å². The van der Waals surface area contributed by atoms with Crippen molar-refractivity contribution in [3.8, 4) is 12.3 Å². The van der Waals surface area contributed by atoms with Crippen LogP contribution in [0.5, 0.6) is 0 Å². The van der Waals surface area contributed by atoms with E-state index in [0.717, 1.165) is 0 Å². The van der Waals surface area contributed by atoms with E-state index in [1.807, 2.05) is 0 Å². The molecule has 0 bridgehead atoms. The average Bonchev–Trinajstić information content (AvgIpc) is 3.00. The minimum atomic E-state index is -2.08. The van der Waals surface area contributed by atoms with Gasteiger partial charge in [-0.25, -0.2) is 0 Å². The Morgan fingerprint density at radius 3 is 3.00 bits per heavy atom. The lowest BCUT2D eigenvalue weighted by Gasteiger charge is -2.26. The molecule has 0 saturated carbocycles. The molecule has 1 saturated heterocycles. The summed E-state index contributed by atoms with van der Waals surface area (Å²) in [7, 11) is 0. The lowest BCUT2D eigenvalue weighted by Crippen LogP contribution is -2.45. The molecule has 0 amide bonds. The first-order valence-electron chi connectivity index (χ1n) is 6.43. The largest absolute Gasteiger partial charge is 0.394 e. The molecular weight excluding hydrogens is 292 g/mol. The molecule has 9 heteroatoms. The number of rotatable bonds is 2. The summed E-state index contributed by atoms with van der Waals surface area (Å²) in [4.78, 5) is 18.2. The molecule has 116 valence electrons. The quantitative estimate of drug-likeness (QED) is 0.400. The second-order valence-electron chi connectivity index (χ2n) is 5.04. The first-order valence-corrected chi connectivity index (χ1v) is 6.43. The molecule has 1 fully saturated rings. The third-order valence-electron chi connectivity index (χ3n) is 3.75. The zero-order valence-corrected chi connectivity index (χ0v) is 11.3. The van der Waals surface area contributed by atoms with Crippen LogP contribution in [-0.2, 0) is 4.74 Å². The van der Waals surface area contributed by atoms with Gasteiger partial charge in [-0.3, -0.25) is 9.78 Å². The van der Waals surface area contributed by atoms with Gasteiger partial charge in [0.2, 0.25) is 5.95 Å². The van der Waals surface area contributed by atoms with Gasteiger partial charge >= 0.3 is 0 Å². The van der Waals surface area contributed by atoms with Gasteiger partial charge in [0.05, 0.1) is 12.0 Å². The summed E-state index contributed by atoms with van der Waals surface area (Å²) in [5, 5.41) is 30.0. The number of fused-ring (bicyclic) bond motifs is 1. The summed E-state index contributed by atoms with van der Waals surface area (Å²) in [5.74, 6) is 1.98. The van der Waals surface area contributed by atoms with E-state index in [4.69, 9.17) is 16.9 Å². The van der Waals surface area contributed by atoms with Crippen LogP contribution in [0, 0.1) is 12.3 Å². The van der Waals surface area contributed by atoms with Crippen molar-refractivity contribution in [2.75, 3.05) is 12.3 Å². The van der Waals surface area contributed by atoms with Crippen LogP contribution < -0.4 is 11.3 Å². The number of terminal acetylenes is 1. The minimum absolute atomic E-state index is 0.112. The second-order valence-corrected chi connectivity index (χ2v) is 5.04. The Morgan fingerprint density at radius 1 is 1.64 bits per heavy atom. The number of anilines is 1. The predicted octanol–water partition coefficient (Wildman–Crippen LogP) is -2.08. The molecule has 0 radical (unpaired) electrons. The lowest BCUT2D eigenvalue weighted by molar-refractivity contribution is -0.0718. The fourth-order valence-corrected chi connectivity index (χ4v) is 2.60. The molecular formula is C13H14N4O5. The van der Waals surface area contributed by atoms with Crippen molar-refractivity contribution in [3.05, 3.63) is 22.6 Å². The van der Waals surface area contributed by atoms with E-state index in [1.165, 1.54) is 16.8 Å². The molecule has 1 aliphatic rings. The van der Waals surface area contributed by atoms with E-state index in [9.17, 15) is 20.1 Å². The molecule has 9 nitrogen and oxygen atoms in total. The monoisotopic (exact) mass is 306 g/mol. The van der Waals surface area contributed by atoms with Crippen LogP contribution in [0.4, 0.5) is 5.95 Å². The number of hydrogen-bond acceptors (Lipinski definition) is 7. The average molecular weight is 306 g/mol. The third-order valence-corrected chi connectivity index (χ3v) is 3.75. The maximum Gasteiger partial charge on any atom is 0.261 e. The maximum absolute atomic E-state index is 11.8. The molecule has 2 aromatic rings. The fourth-order valence-electron chi connectivity index (χ4n) is 2.60. The van der Waals surface area contributed by atoms with Gasteiger partial charge in [0.25, 0.3) is 5.56 Å². The van der Waals surface area contributed by atoms with Gasteiger partial charge in [0, 0.05) is 6.20 Å². The minimum Gasteiger partial charge on any atom is -0.394 e. The molecule has 0 spiro atoms. The first kappa shape index (κ1) is 14.6. The highest BCUT2D eigenvalue weighted by Gasteiger charge is 2.55. The van der Waals surface area contributed by atoms with E-state index in [2.05, 4.69) is 15.9 Å². The Balaban J connectivity index is 2.19. The van der Waals surface area contributed by atoms with Crippen LogP contribution in [-0.4, -0.2) is 54.3 Å². The van der Waals surface area contributed by atoms with E-state index < -0.39 is 36.2 Å². The maximum atomic E-state index is 11.8. The highest BCUT2D eigenvalue weighted by molar-refractivity contribution is 5.76. The topological polar surface area (TPSA) is 147 Å². The molecule has 3 heterocycles. The van der Waals surface area contributed by atoms with Gasteiger partial charge in [0.1, 0.15) is 12.2 Å². The molecule has 4 atom stereocenters. The van der Waals surface area contributed by atoms with Crippen LogP contribution in [0.25, 0.3) is 11.0 Å². The zero-order valence-electron chi connectivity index (χ0n) is 11.3. The highest BCUT2D eigenvalue weighted by Crippen LogP contribution is 2.39. The smallest absolute Gasteiger partial charge is 0.261 e. The summed E-state index contributed by atoms with van der Waals surface area (Å²) < 4.78 is 6.74. The first-order chi connectivity index (χ1) is 10.4. The lowest BCUT2D eigenvalue weighted by atomic mass is 9.95. The van der Waals surface area contributed by atoms with Crippen molar-refractivity contribution in [3.63, 3.8) is 0 Å². The second kappa shape index (κ2) is 4.82. The van der Waals surface area contributed by atoms with E-state index in [0.29, 0.717) is 0 Å². The van der Waals surface area contributed by atoms with Crippen LogP contribution in [0.15, 0.2) is 17.1 Å². The summed E-state index contributed by atoms with van der Waals surface area (Å²) in [5.41, 5.74) is 3.12. The van der Waals surface area contributed by atoms with Crippen LogP contribution in [0.1, 0.15) is 6.23 Å². The Hall–Kier alpha value is -2.38. The summed E-state index contributed by atoms with van der Waals surface area (Å²) in [6.45, 7) is -0.531. The standard InChI is InChI=1S/C13H14N4O5/c1-2-13(21)8(19)7(5-18)22-11(13)17-4-3-6-9(17)15-12(14)16-10(6)20/h1,3-4,7-8,11,18-19,21H,5H2,(H3,14,15,16,20)/t7-,8+,11-,13?/m1/s1. The van der Waals surface area contributed by atoms with E-state index >= 15 is 0 Å². The SMILES string of the molecule is C#CC1(O)[C@@H](O)[C@@H](CO)O[C@H]1n1ccc2c(=O)[nH]c(N)nc21. The molecule has 0 aromatic carbocycles. The number of aromatic nitrogens is 3. The van der Waals surface area contributed by atoms with Gasteiger partial charge in [-0.1, -0.05) is 5.92 Å². The number of aliphatic hydroxyl groups excluding tert-OH is 2.